The van der Waals surface area contributed by atoms with Crippen LogP contribution in [0.2, 0.25) is 0 Å². The quantitative estimate of drug-likeness (QED) is 0.810. The molecule has 0 saturated heterocycles. The lowest BCUT2D eigenvalue weighted by atomic mass is 9.89. The van der Waals surface area contributed by atoms with Crippen molar-refractivity contribution < 1.29 is 0 Å². The number of rotatable bonds is 5. The standard InChI is InChI=1S/C13H20IN/c1-4-10(5-2)13(15-3)11-8-6-7-9-12(11)14/h6-10,13,15H,4-5H2,1-3H3. The first-order chi connectivity index (χ1) is 7.24. The average Bonchev–Trinajstić information content (AvgIpc) is 2.27. The van der Waals surface area contributed by atoms with Crippen molar-refractivity contribution in [3.05, 3.63) is 33.4 Å². The van der Waals surface area contributed by atoms with Gasteiger partial charge in [0.15, 0.2) is 0 Å². The van der Waals surface area contributed by atoms with Gasteiger partial charge < -0.3 is 5.32 Å². The molecule has 1 unspecified atom stereocenters. The highest BCUT2D eigenvalue weighted by atomic mass is 127. The summed E-state index contributed by atoms with van der Waals surface area (Å²) in [6.45, 7) is 4.54. The van der Waals surface area contributed by atoms with Gasteiger partial charge >= 0.3 is 0 Å². The second-order valence-corrected chi connectivity index (χ2v) is 5.03. The van der Waals surface area contributed by atoms with E-state index >= 15 is 0 Å². The summed E-state index contributed by atoms with van der Waals surface area (Å²) in [4.78, 5) is 0. The van der Waals surface area contributed by atoms with Crippen molar-refractivity contribution in [2.24, 2.45) is 5.92 Å². The smallest absolute Gasteiger partial charge is 0.0356 e. The Balaban J connectivity index is 2.96. The van der Waals surface area contributed by atoms with E-state index in [0.717, 1.165) is 5.92 Å². The van der Waals surface area contributed by atoms with Crippen molar-refractivity contribution in [1.29, 1.82) is 0 Å². The molecule has 84 valence electrons. The normalized spacial score (nSPS) is 13.1. The third-order valence-corrected chi connectivity index (χ3v) is 4.05. The molecule has 1 aromatic rings. The summed E-state index contributed by atoms with van der Waals surface area (Å²) in [5.41, 5.74) is 1.44. The molecular weight excluding hydrogens is 297 g/mol. The van der Waals surface area contributed by atoms with Gasteiger partial charge in [0.25, 0.3) is 0 Å². The van der Waals surface area contributed by atoms with Gasteiger partial charge in [-0.05, 0) is 47.2 Å². The van der Waals surface area contributed by atoms with Crippen molar-refractivity contribution in [3.8, 4) is 0 Å². The third kappa shape index (κ3) is 3.18. The zero-order valence-corrected chi connectivity index (χ0v) is 11.9. The zero-order valence-electron chi connectivity index (χ0n) is 9.76. The van der Waals surface area contributed by atoms with Crippen LogP contribution in [0.4, 0.5) is 0 Å². The highest BCUT2D eigenvalue weighted by Gasteiger charge is 2.19. The van der Waals surface area contributed by atoms with Crippen molar-refractivity contribution >= 4 is 22.6 Å². The van der Waals surface area contributed by atoms with Gasteiger partial charge in [0.1, 0.15) is 0 Å². The lowest BCUT2D eigenvalue weighted by molar-refractivity contribution is 0.358. The number of hydrogen-bond donors (Lipinski definition) is 1. The minimum atomic E-state index is 0.494. The van der Waals surface area contributed by atoms with Gasteiger partial charge in [0, 0.05) is 9.61 Å². The molecule has 0 fully saturated rings. The maximum Gasteiger partial charge on any atom is 0.0356 e. The summed E-state index contributed by atoms with van der Waals surface area (Å²) in [6, 6.07) is 9.15. The second-order valence-electron chi connectivity index (χ2n) is 3.86. The summed E-state index contributed by atoms with van der Waals surface area (Å²) in [5, 5.41) is 3.46. The molecule has 1 nitrogen and oxygen atoms in total. The number of hydrogen-bond acceptors (Lipinski definition) is 1. The van der Waals surface area contributed by atoms with E-state index in [-0.39, 0.29) is 0 Å². The highest BCUT2D eigenvalue weighted by molar-refractivity contribution is 14.1. The van der Waals surface area contributed by atoms with E-state index in [1.54, 1.807) is 0 Å². The minimum absolute atomic E-state index is 0.494. The third-order valence-electron chi connectivity index (χ3n) is 3.07. The Morgan fingerprint density at radius 1 is 1.20 bits per heavy atom. The predicted molar refractivity (Wildman–Crippen MR) is 75.0 cm³/mol. The first-order valence-electron chi connectivity index (χ1n) is 5.66. The van der Waals surface area contributed by atoms with Gasteiger partial charge in [0.05, 0.1) is 0 Å². The molecule has 1 rings (SSSR count). The van der Waals surface area contributed by atoms with Crippen molar-refractivity contribution in [2.45, 2.75) is 32.7 Å². The molecule has 0 saturated carbocycles. The van der Waals surface area contributed by atoms with Crippen molar-refractivity contribution in [3.63, 3.8) is 0 Å². The number of halogens is 1. The minimum Gasteiger partial charge on any atom is -0.313 e. The van der Waals surface area contributed by atoms with E-state index in [1.807, 2.05) is 0 Å². The lowest BCUT2D eigenvalue weighted by Crippen LogP contribution is -2.25. The van der Waals surface area contributed by atoms with Crippen molar-refractivity contribution in [1.82, 2.24) is 5.32 Å². The number of nitrogens with one attached hydrogen (secondary N) is 1. The first-order valence-corrected chi connectivity index (χ1v) is 6.74. The van der Waals surface area contributed by atoms with Crippen LogP contribution in [0.1, 0.15) is 38.3 Å². The van der Waals surface area contributed by atoms with Crippen LogP contribution in [-0.2, 0) is 0 Å². The van der Waals surface area contributed by atoms with E-state index in [2.05, 4.69) is 73.1 Å². The van der Waals surface area contributed by atoms with Gasteiger partial charge in [-0.1, -0.05) is 44.9 Å². The molecule has 15 heavy (non-hydrogen) atoms. The van der Waals surface area contributed by atoms with Gasteiger partial charge in [-0.25, -0.2) is 0 Å². The first kappa shape index (κ1) is 13.0. The molecule has 1 N–H and O–H groups in total. The Labute approximate surface area is 107 Å². The molecule has 0 aromatic heterocycles. The van der Waals surface area contributed by atoms with E-state index in [9.17, 15) is 0 Å². The Kier molecular flexibility index (Phi) is 5.61. The molecule has 0 bridgehead atoms. The van der Waals surface area contributed by atoms with E-state index in [0.29, 0.717) is 6.04 Å². The van der Waals surface area contributed by atoms with E-state index in [1.165, 1.54) is 22.0 Å². The van der Waals surface area contributed by atoms with Gasteiger partial charge in [-0.2, -0.15) is 0 Å². The largest absolute Gasteiger partial charge is 0.313 e. The fraction of sp³-hybridized carbons (Fsp3) is 0.538. The van der Waals surface area contributed by atoms with Gasteiger partial charge in [-0.3, -0.25) is 0 Å². The van der Waals surface area contributed by atoms with Crippen LogP contribution < -0.4 is 5.32 Å². The molecule has 0 heterocycles. The predicted octanol–water partition coefficient (Wildman–Crippen LogP) is 3.99. The lowest BCUT2D eigenvalue weighted by Gasteiger charge is -2.26. The fourth-order valence-electron chi connectivity index (χ4n) is 2.13. The molecule has 0 spiro atoms. The van der Waals surface area contributed by atoms with Crippen LogP contribution in [0, 0.1) is 9.49 Å². The van der Waals surface area contributed by atoms with Crippen LogP contribution in [0.5, 0.6) is 0 Å². The number of benzene rings is 1. The van der Waals surface area contributed by atoms with E-state index < -0.39 is 0 Å². The van der Waals surface area contributed by atoms with Gasteiger partial charge in [0.2, 0.25) is 0 Å². The SMILES string of the molecule is CCC(CC)C(NC)c1ccccc1I. The molecule has 0 aliphatic carbocycles. The van der Waals surface area contributed by atoms with Crippen molar-refractivity contribution in [2.75, 3.05) is 7.05 Å². The monoisotopic (exact) mass is 317 g/mol. The Morgan fingerprint density at radius 3 is 2.27 bits per heavy atom. The molecule has 1 aromatic carbocycles. The molecule has 2 heteroatoms. The molecule has 0 amide bonds. The summed E-state index contributed by atoms with van der Waals surface area (Å²) < 4.78 is 1.36. The Morgan fingerprint density at radius 2 is 1.80 bits per heavy atom. The van der Waals surface area contributed by atoms with Crippen LogP contribution in [0.15, 0.2) is 24.3 Å². The molecule has 0 radical (unpaired) electrons. The average molecular weight is 317 g/mol. The topological polar surface area (TPSA) is 12.0 Å². The Bertz CT molecular complexity index is 294. The summed E-state index contributed by atoms with van der Waals surface area (Å²) in [6.07, 6.45) is 2.46. The van der Waals surface area contributed by atoms with E-state index in [4.69, 9.17) is 0 Å². The Hall–Kier alpha value is -0.0900. The fourth-order valence-corrected chi connectivity index (χ4v) is 2.86. The summed E-state index contributed by atoms with van der Waals surface area (Å²) in [7, 11) is 2.06. The molecular formula is C13H20IN. The maximum absolute atomic E-state index is 3.46. The second kappa shape index (κ2) is 6.48. The summed E-state index contributed by atoms with van der Waals surface area (Å²) >= 11 is 2.42. The summed E-state index contributed by atoms with van der Waals surface area (Å²) in [5.74, 6) is 0.728. The van der Waals surface area contributed by atoms with Crippen LogP contribution in [0.25, 0.3) is 0 Å². The van der Waals surface area contributed by atoms with Crippen LogP contribution in [0.3, 0.4) is 0 Å². The van der Waals surface area contributed by atoms with Crippen LogP contribution >= 0.6 is 22.6 Å². The van der Waals surface area contributed by atoms with Gasteiger partial charge in [-0.15, -0.1) is 0 Å². The molecule has 1 atom stereocenters. The molecule has 0 aliphatic rings. The maximum atomic E-state index is 3.46. The zero-order chi connectivity index (χ0) is 11.3. The van der Waals surface area contributed by atoms with Crippen LogP contribution in [-0.4, -0.2) is 7.05 Å². The highest BCUT2D eigenvalue weighted by Crippen LogP contribution is 2.29. The molecule has 0 aliphatic heterocycles.